The van der Waals surface area contributed by atoms with Crippen LogP contribution in [0.2, 0.25) is 0 Å². The molecular formula is C10H12BrF3N2. The van der Waals surface area contributed by atoms with E-state index in [1.54, 1.807) is 19.1 Å². The third-order valence-electron chi connectivity index (χ3n) is 2.06. The Balaban J connectivity index is 2.94. The summed E-state index contributed by atoms with van der Waals surface area (Å²) in [6.07, 6.45) is -2.71. The van der Waals surface area contributed by atoms with E-state index >= 15 is 0 Å². The van der Waals surface area contributed by atoms with Gasteiger partial charge < -0.3 is 4.90 Å². The molecule has 16 heavy (non-hydrogen) atoms. The van der Waals surface area contributed by atoms with E-state index in [-0.39, 0.29) is 6.54 Å². The van der Waals surface area contributed by atoms with Crippen molar-refractivity contribution in [2.45, 2.75) is 18.4 Å². The van der Waals surface area contributed by atoms with Crippen LogP contribution in [-0.4, -0.2) is 24.2 Å². The second-order valence-electron chi connectivity index (χ2n) is 3.25. The van der Waals surface area contributed by atoms with Gasteiger partial charge in [-0.25, -0.2) is 4.98 Å². The lowest BCUT2D eigenvalue weighted by molar-refractivity contribution is -0.119. The Labute approximate surface area is 101 Å². The van der Waals surface area contributed by atoms with Gasteiger partial charge in [0.15, 0.2) is 0 Å². The first kappa shape index (κ1) is 13.3. The maximum Gasteiger partial charge on any atom is 0.405 e. The van der Waals surface area contributed by atoms with E-state index in [9.17, 15) is 13.2 Å². The first-order valence-corrected chi connectivity index (χ1v) is 5.91. The summed E-state index contributed by atoms with van der Waals surface area (Å²) in [5, 5.41) is 0.491. The smallest absolute Gasteiger partial charge is 0.348 e. The van der Waals surface area contributed by atoms with E-state index in [2.05, 4.69) is 20.9 Å². The van der Waals surface area contributed by atoms with Crippen LogP contribution in [0.25, 0.3) is 0 Å². The molecule has 1 aromatic heterocycles. The van der Waals surface area contributed by atoms with Crippen molar-refractivity contribution in [1.82, 2.24) is 4.98 Å². The van der Waals surface area contributed by atoms with Crippen LogP contribution in [0.4, 0.5) is 19.0 Å². The lowest BCUT2D eigenvalue weighted by Gasteiger charge is -2.24. The van der Waals surface area contributed by atoms with Crippen molar-refractivity contribution < 1.29 is 13.2 Å². The van der Waals surface area contributed by atoms with Crippen LogP contribution in [0.5, 0.6) is 0 Å². The molecule has 0 saturated heterocycles. The third-order valence-corrected chi connectivity index (χ3v) is 2.67. The fourth-order valence-corrected chi connectivity index (χ4v) is 1.81. The van der Waals surface area contributed by atoms with Crippen molar-refractivity contribution in [2.75, 3.05) is 18.0 Å². The van der Waals surface area contributed by atoms with E-state index in [1.165, 1.54) is 11.1 Å². The summed E-state index contributed by atoms with van der Waals surface area (Å²) < 4.78 is 37.0. The second-order valence-corrected chi connectivity index (χ2v) is 3.81. The number of rotatable bonds is 4. The standard InChI is InChI=1S/C10H12BrF3N2/c1-2-16(7-10(12,13)14)9-8(6-11)4-3-5-15-9/h3-5H,2,6-7H2,1H3. The summed E-state index contributed by atoms with van der Waals surface area (Å²) in [6.45, 7) is 0.982. The zero-order chi connectivity index (χ0) is 12.2. The predicted octanol–water partition coefficient (Wildman–Crippen LogP) is 3.37. The van der Waals surface area contributed by atoms with Crippen LogP contribution in [0.15, 0.2) is 18.3 Å². The molecule has 1 heterocycles. The van der Waals surface area contributed by atoms with E-state index in [0.717, 1.165) is 5.56 Å². The zero-order valence-electron chi connectivity index (χ0n) is 8.76. The van der Waals surface area contributed by atoms with Gasteiger partial charge >= 0.3 is 6.18 Å². The maximum absolute atomic E-state index is 12.3. The Morgan fingerprint density at radius 3 is 2.62 bits per heavy atom. The van der Waals surface area contributed by atoms with Crippen molar-refractivity contribution in [3.05, 3.63) is 23.9 Å². The Bertz CT molecular complexity index is 341. The Morgan fingerprint density at radius 1 is 1.44 bits per heavy atom. The monoisotopic (exact) mass is 296 g/mol. The normalized spacial score (nSPS) is 11.6. The molecule has 0 aliphatic heterocycles. The number of hydrogen-bond donors (Lipinski definition) is 0. The molecule has 0 aliphatic rings. The van der Waals surface area contributed by atoms with Gasteiger partial charge in [0.2, 0.25) is 0 Å². The van der Waals surface area contributed by atoms with Crippen LogP contribution in [0.1, 0.15) is 12.5 Å². The molecule has 0 amide bonds. The highest BCUT2D eigenvalue weighted by Crippen LogP contribution is 2.24. The molecule has 6 heteroatoms. The van der Waals surface area contributed by atoms with Gasteiger partial charge in [-0.05, 0) is 13.0 Å². The predicted molar refractivity (Wildman–Crippen MR) is 60.8 cm³/mol. The van der Waals surface area contributed by atoms with E-state index in [4.69, 9.17) is 0 Å². The van der Waals surface area contributed by atoms with Gasteiger partial charge in [-0.1, -0.05) is 22.0 Å². The average Bonchev–Trinajstić information content (AvgIpc) is 2.24. The minimum Gasteiger partial charge on any atom is -0.348 e. The second kappa shape index (κ2) is 5.52. The van der Waals surface area contributed by atoms with Crippen molar-refractivity contribution in [1.29, 1.82) is 0 Å². The van der Waals surface area contributed by atoms with E-state index in [1.807, 2.05) is 0 Å². The van der Waals surface area contributed by atoms with Crippen LogP contribution in [-0.2, 0) is 5.33 Å². The fraction of sp³-hybridized carbons (Fsp3) is 0.500. The lowest BCUT2D eigenvalue weighted by atomic mass is 10.2. The van der Waals surface area contributed by atoms with Crippen molar-refractivity contribution in [3.8, 4) is 0 Å². The first-order valence-electron chi connectivity index (χ1n) is 4.79. The van der Waals surface area contributed by atoms with Crippen molar-refractivity contribution in [2.24, 2.45) is 0 Å². The van der Waals surface area contributed by atoms with Gasteiger partial charge in [0.25, 0.3) is 0 Å². The van der Waals surface area contributed by atoms with Gasteiger partial charge in [0.1, 0.15) is 12.4 Å². The highest BCUT2D eigenvalue weighted by atomic mass is 79.9. The molecular weight excluding hydrogens is 285 g/mol. The highest BCUT2D eigenvalue weighted by molar-refractivity contribution is 9.08. The minimum atomic E-state index is -4.21. The van der Waals surface area contributed by atoms with Gasteiger partial charge in [-0.15, -0.1) is 0 Å². The molecule has 0 atom stereocenters. The molecule has 0 unspecified atom stereocenters. The summed E-state index contributed by atoms with van der Waals surface area (Å²) >= 11 is 3.24. The number of hydrogen-bond acceptors (Lipinski definition) is 2. The largest absolute Gasteiger partial charge is 0.405 e. The van der Waals surface area contributed by atoms with E-state index < -0.39 is 12.7 Å². The summed E-state index contributed by atoms with van der Waals surface area (Å²) in [7, 11) is 0. The number of anilines is 1. The van der Waals surface area contributed by atoms with Crippen molar-refractivity contribution >= 4 is 21.7 Å². The summed E-state index contributed by atoms with van der Waals surface area (Å²) in [6, 6.07) is 3.47. The van der Waals surface area contributed by atoms with Gasteiger partial charge in [0.05, 0.1) is 0 Å². The molecule has 1 rings (SSSR count). The SMILES string of the molecule is CCN(CC(F)(F)F)c1ncccc1CBr. The Morgan fingerprint density at radius 2 is 2.12 bits per heavy atom. The van der Waals surface area contributed by atoms with Gasteiger partial charge in [0, 0.05) is 23.6 Å². The third kappa shape index (κ3) is 3.66. The van der Waals surface area contributed by atoms with E-state index in [0.29, 0.717) is 11.1 Å². The number of aromatic nitrogens is 1. The zero-order valence-corrected chi connectivity index (χ0v) is 10.3. The Hall–Kier alpha value is -0.780. The average molecular weight is 297 g/mol. The minimum absolute atomic E-state index is 0.274. The molecule has 2 nitrogen and oxygen atoms in total. The number of alkyl halides is 4. The highest BCUT2D eigenvalue weighted by Gasteiger charge is 2.31. The molecule has 0 N–H and O–H groups in total. The molecule has 0 fully saturated rings. The van der Waals surface area contributed by atoms with Crippen LogP contribution < -0.4 is 4.90 Å². The molecule has 0 saturated carbocycles. The summed E-state index contributed by atoms with van der Waals surface area (Å²) in [4.78, 5) is 5.22. The van der Waals surface area contributed by atoms with Crippen LogP contribution in [0, 0.1) is 0 Å². The molecule has 0 radical (unpaired) electrons. The molecule has 0 spiro atoms. The molecule has 1 aromatic rings. The van der Waals surface area contributed by atoms with Crippen LogP contribution >= 0.6 is 15.9 Å². The molecule has 0 bridgehead atoms. The lowest BCUT2D eigenvalue weighted by Crippen LogP contribution is -2.35. The topological polar surface area (TPSA) is 16.1 Å². The molecule has 90 valence electrons. The fourth-order valence-electron chi connectivity index (χ4n) is 1.37. The van der Waals surface area contributed by atoms with Gasteiger partial charge in [-0.2, -0.15) is 13.2 Å². The van der Waals surface area contributed by atoms with Crippen molar-refractivity contribution in [3.63, 3.8) is 0 Å². The molecule has 0 aliphatic carbocycles. The van der Waals surface area contributed by atoms with Gasteiger partial charge in [-0.3, -0.25) is 0 Å². The van der Waals surface area contributed by atoms with Crippen LogP contribution in [0.3, 0.4) is 0 Å². The summed E-state index contributed by atoms with van der Waals surface area (Å²) in [5.74, 6) is 0.388. The maximum atomic E-state index is 12.3. The molecule has 0 aromatic carbocycles. The summed E-state index contributed by atoms with van der Waals surface area (Å²) in [5.41, 5.74) is 0.758. The number of pyridine rings is 1. The number of halogens is 4. The quantitative estimate of drug-likeness (QED) is 0.792. The Kier molecular flexibility index (Phi) is 4.58. The number of nitrogens with zero attached hydrogens (tertiary/aromatic N) is 2. The first-order chi connectivity index (χ1) is 7.48.